The third-order valence-electron chi connectivity index (χ3n) is 3.85. The van der Waals surface area contributed by atoms with Crippen LogP contribution in [0.15, 0.2) is 18.2 Å². The summed E-state index contributed by atoms with van der Waals surface area (Å²) in [4.78, 5) is 13.3. The highest BCUT2D eigenvalue weighted by Crippen LogP contribution is 2.42. The summed E-state index contributed by atoms with van der Waals surface area (Å²) < 4.78 is 13.6. The first kappa shape index (κ1) is 12.9. The molecule has 0 aliphatic heterocycles. The summed E-state index contributed by atoms with van der Waals surface area (Å²) in [5, 5.41) is 9.51. The molecule has 1 aliphatic carbocycles. The normalized spacial score (nSPS) is 17.7. The van der Waals surface area contributed by atoms with E-state index in [2.05, 4.69) is 0 Å². The van der Waals surface area contributed by atoms with Crippen LogP contribution < -0.4 is 4.90 Å². The Hall–Kier alpha value is -1.58. The zero-order valence-corrected chi connectivity index (χ0v) is 10.7. The Morgan fingerprint density at radius 3 is 2.44 bits per heavy atom. The highest BCUT2D eigenvalue weighted by molar-refractivity contribution is 5.82. The number of halogens is 1. The van der Waals surface area contributed by atoms with E-state index in [-0.39, 0.29) is 5.82 Å². The van der Waals surface area contributed by atoms with E-state index in [9.17, 15) is 14.3 Å². The predicted octanol–water partition coefficient (Wildman–Crippen LogP) is 2.79. The van der Waals surface area contributed by atoms with Crippen LogP contribution in [-0.4, -0.2) is 25.2 Å². The Kier molecular flexibility index (Phi) is 3.28. The minimum Gasteiger partial charge on any atom is -0.481 e. The maximum Gasteiger partial charge on any atom is 0.314 e. The van der Waals surface area contributed by atoms with Gasteiger partial charge in [-0.3, -0.25) is 4.79 Å². The van der Waals surface area contributed by atoms with Crippen molar-refractivity contribution in [3.8, 4) is 0 Å². The lowest BCUT2D eigenvalue weighted by Crippen LogP contribution is -2.32. The molecule has 0 amide bonds. The number of nitrogens with zero attached hydrogens (tertiary/aromatic N) is 1. The Morgan fingerprint density at radius 2 is 1.94 bits per heavy atom. The van der Waals surface area contributed by atoms with Crippen molar-refractivity contribution in [2.75, 3.05) is 19.0 Å². The first-order valence-electron chi connectivity index (χ1n) is 6.18. The smallest absolute Gasteiger partial charge is 0.314 e. The third kappa shape index (κ3) is 1.96. The third-order valence-corrected chi connectivity index (χ3v) is 3.85. The van der Waals surface area contributed by atoms with E-state index in [1.165, 1.54) is 6.07 Å². The van der Waals surface area contributed by atoms with Gasteiger partial charge in [0.1, 0.15) is 5.82 Å². The van der Waals surface area contributed by atoms with Crippen LogP contribution in [0.5, 0.6) is 0 Å². The second-order valence-corrected chi connectivity index (χ2v) is 5.15. The lowest BCUT2D eigenvalue weighted by Gasteiger charge is -2.26. The van der Waals surface area contributed by atoms with Crippen molar-refractivity contribution >= 4 is 11.7 Å². The van der Waals surface area contributed by atoms with Gasteiger partial charge in [-0.05, 0) is 30.5 Å². The number of hydrogen-bond donors (Lipinski definition) is 1. The van der Waals surface area contributed by atoms with E-state index in [4.69, 9.17) is 0 Å². The molecule has 0 atom stereocenters. The molecule has 0 aromatic heterocycles. The molecule has 0 spiro atoms. The molecule has 0 bridgehead atoms. The number of rotatable bonds is 3. The van der Waals surface area contributed by atoms with Crippen molar-refractivity contribution in [3.63, 3.8) is 0 Å². The van der Waals surface area contributed by atoms with Crippen molar-refractivity contribution in [1.82, 2.24) is 0 Å². The number of hydrogen-bond acceptors (Lipinski definition) is 2. The molecule has 1 aliphatic rings. The fourth-order valence-corrected chi connectivity index (χ4v) is 2.76. The molecule has 3 nitrogen and oxygen atoms in total. The molecule has 0 saturated heterocycles. The van der Waals surface area contributed by atoms with Crippen molar-refractivity contribution in [1.29, 1.82) is 0 Å². The minimum absolute atomic E-state index is 0.317. The summed E-state index contributed by atoms with van der Waals surface area (Å²) in [6.45, 7) is 0. The van der Waals surface area contributed by atoms with E-state index in [0.29, 0.717) is 18.5 Å². The molecule has 1 fully saturated rings. The number of carboxylic acid groups (broad SMARTS) is 1. The molecule has 2 rings (SSSR count). The zero-order valence-electron chi connectivity index (χ0n) is 10.7. The fourth-order valence-electron chi connectivity index (χ4n) is 2.76. The summed E-state index contributed by atoms with van der Waals surface area (Å²) in [6, 6.07) is 4.66. The summed E-state index contributed by atoms with van der Waals surface area (Å²) >= 11 is 0. The van der Waals surface area contributed by atoms with E-state index in [1.54, 1.807) is 31.1 Å². The van der Waals surface area contributed by atoms with Crippen LogP contribution in [0.4, 0.5) is 10.1 Å². The number of anilines is 1. The SMILES string of the molecule is CN(C)c1cc(C2(C(=O)O)CCCC2)ccc1F. The van der Waals surface area contributed by atoms with Gasteiger partial charge in [0, 0.05) is 14.1 Å². The van der Waals surface area contributed by atoms with Crippen molar-refractivity contribution < 1.29 is 14.3 Å². The minimum atomic E-state index is -0.821. The van der Waals surface area contributed by atoms with E-state index < -0.39 is 11.4 Å². The average molecular weight is 251 g/mol. The zero-order chi connectivity index (χ0) is 13.3. The largest absolute Gasteiger partial charge is 0.481 e. The highest BCUT2D eigenvalue weighted by Gasteiger charge is 2.43. The van der Waals surface area contributed by atoms with Crippen LogP contribution in [0.3, 0.4) is 0 Å². The van der Waals surface area contributed by atoms with Gasteiger partial charge in [0.05, 0.1) is 11.1 Å². The van der Waals surface area contributed by atoms with E-state index >= 15 is 0 Å². The summed E-state index contributed by atoms with van der Waals surface area (Å²) in [5.74, 6) is -1.11. The monoisotopic (exact) mass is 251 g/mol. The van der Waals surface area contributed by atoms with Gasteiger partial charge >= 0.3 is 5.97 Å². The molecular formula is C14H18FNO2. The molecule has 18 heavy (non-hydrogen) atoms. The molecule has 98 valence electrons. The lowest BCUT2D eigenvalue weighted by atomic mass is 9.79. The molecule has 1 aromatic rings. The van der Waals surface area contributed by atoms with Crippen molar-refractivity contribution in [2.24, 2.45) is 0 Å². The second kappa shape index (κ2) is 4.59. The average Bonchev–Trinajstić information content (AvgIpc) is 2.79. The van der Waals surface area contributed by atoms with E-state index in [1.807, 2.05) is 0 Å². The fraction of sp³-hybridized carbons (Fsp3) is 0.500. The quantitative estimate of drug-likeness (QED) is 0.898. The molecule has 0 heterocycles. The van der Waals surface area contributed by atoms with Crippen LogP contribution in [0.25, 0.3) is 0 Å². The summed E-state index contributed by atoms with van der Waals surface area (Å²) in [7, 11) is 3.51. The molecule has 1 N–H and O–H groups in total. The maximum atomic E-state index is 13.6. The Bertz CT molecular complexity index is 465. The van der Waals surface area contributed by atoms with Gasteiger partial charge in [-0.2, -0.15) is 0 Å². The topological polar surface area (TPSA) is 40.5 Å². The van der Waals surface area contributed by atoms with E-state index in [0.717, 1.165) is 18.4 Å². The first-order chi connectivity index (χ1) is 8.47. The predicted molar refractivity (Wildman–Crippen MR) is 68.5 cm³/mol. The Labute approximate surface area is 106 Å². The Morgan fingerprint density at radius 1 is 1.33 bits per heavy atom. The number of carboxylic acids is 1. The maximum absolute atomic E-state index is 13.6. The molecule has 0 unspecified atom stereocenters. The summed E-state index contributed by atoms with van der Waals surface area (Å²) in [5.41, 5.74) is 0.343. The van der Waals surface area contributed by atoms with Crippen LogP contribution in [0.1, 0.15) is 31.2 Å². The van der Waals surface area contributed by atoms with Crippen molar-refractivity contribution in [2.45, 2.75) is 31.1 Å². The molecule has 4 heteroatoms. The second-order valence-electron chi connectivity index (χ2n) is 5.15. The Balaban J connectivity index is 2.49. The van der Waals surface area contributed by atoms with Crippen molar-refractivity contribution in [3.05, 3.63) is 29.6 Å². The van der Waals surface area contributed by atoms with Gasteiger partial charge in [-0.25, -0.2) is 4.39 Å². The standard InChI is InChI=1S/C14H18FNO2/c1-16(2)12-9-10(5-6-11(12)15)14(13(17)18)7-3-4-8-14/h5-6,9H,3-4,7-8H2,1-2H3,(H,17,18). The number of benzene rings is 1. The van der Waals surface area contributed by atoms with Crippen LogP contribution in [-0.2, 0) is 10.2 Å². The van der Waals surface area contributed by atoms with Crippen LogP contribution >= 0.6 is 0 Å². The number of carbonyl (C=O) groups is 1. The van der Waals surface area contributed by atoms with Gasteiger partial charge in [0.2, 0.25) is 0 Å². The summed E-state index contributed by atoms with van der Waals surface area (Å²) in [6.07, 6.45) is 3.11. The first-order valence-corrected chi connectivity index (χ1v) is 6.18. The molecule has 0 radical (unpaired) electrons. The van der Waals surface area contributed by atoms with Gasteiger partial charge in [-0.15, -0.1) is 0 Å². The van der Waals surface area contributed by atoms with Gasteiger partial charge < -0.3 is 10.0 Å². The van der Waals surface area contributed by atoms with Gasteiger partial charge in [0.15, 0.2) is 0 Å². The van der Waals surface area contributed by atoms with Crippen LogP contribution in [0, 0.1) is 5.82 Å². The number of aliphatic carboxylic acids is 1. The molecular weight excluding hydrogens is 233 g/mol. The van der Waals surface area contributed by atoms with Crippen LogP contribution in [0.2, 0.25) is 0 Å². The molecule has 1 aromatic carbocycles. The van der Waals surface area contributed by atoms with Gasteiger partial charge in [0.25, 0.3) is 0 Å². The lowest BCUT2D eigenvalue weighted by molar-refractivity contribution is -0.143. The molecule has 1 saturated carbocycles. The van der Waals surface area contributed by atoms with Gasteiger partial charge in [-0.1, -0.05) is 18.9 Å². The highest BCUT2D eigenvalue weighted by atomic mass is 19.1.